The molecule has 124 valence electrons. The smallest absolute Gasteiger partial charge is 0.254 e. The predicted molar refractivity (Wildman–Crippen MR) is 91.0 cm³/mol. The SMILES string of the molecule is CCOc1ccc(C(=O)N(C)Cc2nc(-c3cccs3)no2)cc1. The molecule has 0 saturated carbocycles. The van der Waals surface area contributed by atoms with Gasteiger partial charge in [-0.3, -0.25) is 4.79 Å². The molecule has 6 nitrogen and oxygen atoms in total. The molecule has 0 aliphatic carbocycles. The summed E-state index contributed by atoms with van der Waals surface area (Å²) in [6.45, 7) is 2.77. The van der Waals surface area contributed by atoms with Crippen molar-refractivity contribution in [3.05, 3.63) is 53.2 Å². The molecule has 0 spiro atoms. The maximum Gasteiger partial charge on any atom is 0.254 e. The molecule has 0 N–H and O–H groups in total. The average molecular weight is 343 g/mol. The van der Waals surface area contributed by atoms with E-state index in [1.54, 1.807) is 36.2 Å². The zero-order chi connectivity index (χ0) is 16.9. The van der Waals surface area contributed by atoms with Gasteiger partial charge in [-0.1, -0.05) is 11.2 Å². The van der Waals surface area contributed by atoms with Gasteiger partial charge < -0.3 is 14.2 Å². The van der Waals surface area contributed by atoms with Gasteiger partial charge in [0.25, 0.3) is 5.91 Å². The normalized spacial score (nSPS) is 10.6. The third-order valence-electron chi connectivity index (χ3n) is 3.34. The lowest BCUT2D eigenvalue weighted by molar-refractivity contribution is 0.0769. The highest BCUT2D eigenvalue weighted by molar-refractivity contribution is 7.13. The van der Waals surface area contributed by atoms with E-state index in [0.717, 1.165) is 10.6 Å². The van der Waals surface area contributed by atoms with Crippen LogP contribution in [0.25, 0.3) is 10.7 Å². The Morgan fingerprint density at radius 1 is 1.29 bits per heavy atom. The van der Waals surface area contributed by atoms with Crippen molar-refractivity contribution in [2.75, 3.05) is 13.7 Å². The fourth-order valence-electron chi connectivity index (χ4n) is 2.18. The number of rotatable bonds is 6. The standard InChI is InChI=1S/C17H17N3O3S/c1-3-22-13-8-6-12(7-9-13)17(21)20(2)11-15-18-16(19-23-15)14-5-4-10-24-14/h4-10H,3,11H2,1-2H3. The summed E-state index contributed by atoms with van der Waals surface area (Å²) in [7, 11) is 1.70. The Kier molecular flexibility index (Phi) is 4.90. The fourth-order valence-corrected chi connectivity index (χ4v) is 2.83. The number of nitrogens with zero attached hydrogens (tertiary/aromatic N) is 3. The van der Waals surface area contributed by atoms with Crippen molar-refractivity contribution in [3.8, 4) is 16.5 Å². The molecule has 3 rings (SSSR count). The lowest BCUT2D eigenvalue weighted by Gasteiger charge is -2.15. The summed E-state index contributed by atoms with van der Waals surface area (Å²) in [5.74, 6) is 1.57. The number of hydrogen-bond acceptors (Lipinski definition) is 6. The number of benzene rings is 1. The number of carbonyl (C=O) groups excluding carboxylic acids is 1. The molecule has 0 aliphatic heterocycles. The van der Waals surface area contributed by atoms with Gasteiger partial charge in [-0.2, -0.15) is 4.98 Å². The third-order valence-corrected chi connectivity index (χ3v) is 4.21. The van der Waals surface area contributed by atoms with Crippen LogP contribution < -0.4 is 4.74 Å². The molecule has 3 aromatic rings. The first-order valence-corrected chi connectivity index (χ1v) is 8.40. The van der Waals surface area contributed by atoms with Gasteiger partial charge in [0.05, 0.1) is 18.0 Å². The number of aromatic nitrogens is 2. The third kappa shape index (κ3) is 3.62. The van der Waals surface area contributed by atoms with Crippen LogP contribution in [-0.4, -0.2) is 34.6 Å². The van der Waals surface area contributed by atoms with Crippen LogP contribution in [0.3, 0.4) is 0 Å². The van der Waals surface area contributed by atoms with Crippen molar-refractivity contribution in [1.82, 2.24) is 15.0 Å². The largest absolute Gasteiger partial charge is 0.494 e. The van der Waals surface area contributed by atoms with Crippen LogP contribution in [0.5, 0.6) is 5.75 Å². The Hall–Kier alpha value is -2.67. The topological polar surface area (TPSA) is 68.5 Å². The van der Waals surface area contributed by atoms with Crippen LogP contribution in [0.4, 0.5) is 0 Å². The highest BCUT2D eigenvalue weighted by Crippen LogP contribution is 2.21. The number of carbonyl (C=O) groups is 1. The molecule has 2 aromatic heterocycles. The van der Waals surface area contributed by atoms with E-state index in [2.05, 4.69) is 10.1 Å². The highest BCUT2D eigenvalue weighted by Gasteiger charge is 2.16. The van der Waals surface area contributed by atoms with Gasteiger partial charge >= 0.3 is 0 Å². The second kappa shape index (κ2) is 7.27. The molecular weight excluding hydrogens is 326 g/mol. The van der Waals surface area contributed by atoms with E-state index in [1.165, 1.54) is 11.3 Å². The Morgan fingerprint density at radius 3 is 2.75 bits per heavy atom. The van der Waals surface area contributed by atoms with Crippen LogP contribution >= 0.6 is 11.3 Å². The van der Waals surface area contributed by atoms with Gasteiger partial charge in [-0.25, -0.2) is 0 Å². The molecule has 0 atom stereocenters. The van der Waals surface area contributed by atoms with Gasteiger partial charge in [0.1, 0.15) is 5.75 Å². The van der Waals surface area contributed by atoms with Crippen molar-refractivity contribution >= 4 is 17.2 Å². The van der Waals surface area contributed by atoms with E-state index in [-0.39, 0.29) is 12.5 Å². The molecule has 7 heteroatoms. The molecule has 24 heavy (non-hydrogen) atoms. The Bertz CT molecular complexity index is 797. The van der Waals surface area contributed by atoms with E-state index in [9.17, 15) is 4.79 Å². The average Bonchev–Trinajstić information content (AvgIpc) is 3.26. The maximum absolute atomic E-state index is 12.5. The van der Waals surface area contributed by atoms with Crippen molar-refractivity contribution in [2.24, 2.45) is 0 Å². The second-order valence-corrected chi connectivity index (χ2v) is 6.06. The molecule has 0 fully saturated rings. The molecule has 2 heterocycles. The van der Waals surface area contributed by atoms with Crippen LogP contribution in [-0.2, 0) is 6.54 Å². The molecule has 1 aromatic carbocycles. The predicted octanol–water partition coefficient (Wildman–Crippen LogP) is 3.47. The zero-order valence-electron chi connectivity index (χ0n) is 13.4. The first kappa shape index (κ1) is 16.2. The van der Waals surface area contributed by atoms with Crippen molar-refractivity contribution in [1.29, 1.82) is 0 Å². The first-order chi connectivity index (χ1) is 11.7. The molecule has 0 radical (unpaired) electrons. The van der Waals surface area contributed by atoms with Crippen molar-refractivity contribution in [2.45, 2.75) is 13.5 Å². The van der Waals surface area contributed by atoms with Gasteiger partial charge in [-0.05, 0) is 42.6 Å². The lowest BCUT2D eigenvalue weighted by atomic mass is 10.2. The van der Waals surface area contributed by atoms with Gasteiger partial charge in [0.15, 0.2) is 0 Å². The molecule has 0 unspecified atom stereocenters. The first-order valence-electron chi connectivity index (χ1n) is 7.52. The van der Waals surface area contributed by atoms with E-state index in [0.29, 0.717) is 23.9 Å². The second-order valence-electron chi connectivity index (χ2n) is 5.11. The molecule has 0 aliphatic rings. The van der Waals surface area contributed by atoms with E-state index in [1.807, 2.05) is 24.4 Å². The fraction of sp³-hybridized carbons (Fsp3) is 0.235. The minimum atomic E-state index is -0.117. The van der Waals surface area contributed by atoms with Gasteiger partial charge in [-0.15, -0.1) is 11.3 Å². The minimum Gasteiger partial charge on any atom is -0.494 e. The highest BCUT2D eigenvalue weighted by atomic mass is 32.1. The Labute approximate surface area is 143 Å². The minimum absolute atomic E-state index is 0.117. The summed E-state index contributed by atoms with van der Waals surface area (Å²) in [5, 5.41) is 5.90. The maximum atomic E-state index is 12.5. The number of ether oxygens (including phenoxy) is 1. The van der Waals surface area contributed by atoms with Crippen molar-refractivity contribution < 1.29 is 14.1 Å². The van der Waals surface area contributed by atoms with Crippen LogP contribution in [0, 0.1) is 0 Å². The molecule has 1 amide bonds. The summed E-state index contributed by atoms with van der Waals surface area (Å²) in [5.41, 5.74) is 0.582. The van der Waals surface area contributed by atoms with E-state index < -0.39 is 0 Å². The summed E-state index contributed by atoms with van der Waals surface area (Å²) >= 11 is 1.54. The summed E-state index contributed by atoms with van der Waals surface area (Å²) < 4.78 is 10.6. The quantitative estimate of drug-likeness (QED) is 0.685. The summed E-state index contributed by atoms with van der Waals surface area (Å²) in [6, 6.07) is 10.9. The summed E-state index contributed by atoms with van der Waals surface area (Å²) in [4.78, 5) is 19.3. The Balaban J connectivity index is 1.65. The molecule has 0 saturated heterocycles. The van der Waals surface area contributed by atoms with Gasteiger partial charge in [0, 0.05) is 12.6 Å². The summed E-state index contributed by atoms with van der Waals surface area (Å²) in [6.07, 6.45) is 0. The number of thiophene rings is 1. The zero-order valence-corrected chi connectivity index (χ0v) is 14.2. The number of hydrogen-bond donors (Lipinski definition) is 0. The van der Waals surface area contributed by atoms with Crippen molar-refractivity contribution in [3.63, 3.8) is 0 Å². The lowest BCUT2D eigenvalue weighted by Crippen LogP contribution is -2.26. The molecular formula is C17H17N3O3S. The van der Waals surface area contributed by atoms with Crippen LogP contribution in [0.15, 0.2) is 46.3 Å². The monoisotopic (exact) mass is 343 g/mol. The van der Waals surface area contributed by atoms with Crippen LogP contribution in [0.2, 0.25) is 0 Å². The number of amides is 1. The van der Waals surface area contributed by atoms with E-state index >= 15 is 0 Å². The van der Waals surface area contributed by atoms with Crippen LogP contribution in [0.1, 0.15) is 23.2 Å². The molecule has 0 bridgehead atoms. The van der Waals surface area contributed by atoms with E-state index in [4.69, 9.17) is 9.26 Å². The van der Waals surface area contributed by atoms with Gasteiger partial charge in [0.2, 0.25) is 11.7 Å². The Morgan fingerprint density at radius 2 is 2.08 bits per heavy atom.